The van der Waals surface area contributed by atoms with Crippen molar-refractivity contribution < 1.29 is 0 Å². The molecule has 1 heterocycles. The third-order valence-corrected chi connectivity index (χ3v) is 3.83. The molecule has 0 radical (unpaired) electrons. The zero-order valence-electron chi connectivity index (χ0n) is 13.3. The molecule has 0 aromatic heterocycles. The van der Waals surface area contributed by atoms with Gasteiger partial charge in [0.2, 0.25) is 0 Å². The van der Waals surface area contributed by atoms with E-state index >= 15 is 0 Å². The minimum Gasteiger partial charge on any atom is -0.373 e. The topological polar surface area (TPSA) is 3.24 Å². The van der Waals surface area contributed by atoms with Crippen LogP contribution in [0.25, 0.3) is 0 Å². The van der Waals surface area contributed by atoms with Crippen molar-refractivity contribution in [2.75, 3.05) is 13.1 Å². The van der Waals surface area contributed by atoms with E-state index in [-0.39, 0.29) is 5.41 Å². The molecule has 108 valence electrons. The summed E-state index contributed by atoms with van der Waals surface area (Å²) in [5.41, 5.74) is 3.11. The highest BCUT2D eigenvalue weighted by atomic mass is 15.1. The van der Waals surface area contributed by atoms with Crippen molar-refractivity contribution in [2.24, 2.45) is 5.92 Å². The summed E-state index contributed by atoms with van der Waals surface area (Å²) < 4.78 is 0. The fourth-order valence-corrected chi connectivity index (χ4v) is 2.65. The molecule has 0 aliphatic carbocycles. The second-order valence-corrected chi connectivity index (χ2v) is 6.98. The first-order valence-corrected chi connectivity index (χ1v) is 7.62. The van der Waals surface area contributed by atoms with E-state index in [0.717, 1.165) is 19.5 Å². The van der Waals surface area contributed by atoms with Gasteiger partial charge in [-0.1, -0.05) is 64.1 Å². The lowest BCUT2D eigenvalue weighted by atomic mass is 9.86. The Morgan fingerprint density at radius 2 is 1.80 bits per heavy atom. The Hall–Kier alpha value is -1.50. The van der Waals surface area contributed by atoms with Crippen molar-refractivity contribution in [2.45, 2.75) is 39.5 Å². The van der Waals surface area contributed by atoms with Crippen molar-refractivity contribution in [3.63, 3.8) is 0 Å². The number of allylic oxidation sites excluding steroid dienone is 2. The average molecular weight is 269 g/mol. The van der Waals surface area contributed by atoms with E-state index in [2.05, 4.69) is 81.3 Å². The minimum absolute atomic E-state index is 0.245. The molecule has 2 rings (SSSR count). The molecule has 0 N–H and O–H groups in total. The predicted octanol–water partition coefficient (Wildman–Crippen LogP) is 4.55. The first kappa shape index (κ1) is 14.9. The molecule has 0 amide bonds. The molecule has 1 unspecified atom stereocenters. The minimum atomic E-state index is 0.245. The van der Waals surface area contributed by atoms with Gasteiger partial charge in [0.05, 0.1) is 0 Å². The van der Waals surface area contributed by atoms with Crippen LogP contribution in [0.4, 0.5) is 0 Å². The van der Waals surface area contributed by atoms with E-state index in [4.69, 9.17) is 0 Å². The first-order valence-electron chi connectivity index (χ1n) is 7.62. The maximum atomic E-state index is 2.38. The van der Waals surface area contributed by atoms with Gasteiger partial charge in [0, 0.05) is 13.1 Å². The summed E-state index contributed by atoms with van der Waals surface area (Å²) in [5.74, 6) is 0.673. The maximum Gasteiger partial charge on any atom is 0.0357 e. The molecule has 1 atom stereocenters. The molecular weight excluding hydrogens is 242 g/mol. The Morgan fingerprint density at radius 3 is 2.35 bits per heavy atom. The molecule has 1 aromatic carbocycles. The number of hydrogen-bond acceptors (Lipinski definition) is 1. The van der Waals surface area contributed by atoms with E-state index in [1.165, 1.54) is 11.1 Å². The Labute approximate surface area is 124 Å². The number of benzene rings is 1. The number of nitrogens with zero attached hydrogens (tertiary/aromatic N) is 1. The van der Waals surface area contributed by atoms with Crippen LogP contribution in [0.1, 0.15) is 38.8 Å². The summed E-state index contributed by atoms with van der Waals surface area (Å²) in [6.45, 7) is 11.3. The van der Waals surface area contributed by atoms with Gasteiger partial charge in [-0.2, -0.15) is 0 Å². The maximum absolute atomic E-state index is 2.38. The predicted molar refractivity (Wildman–Crippen MR) is 87.9 cm³/mol. The Bertz CT molecular complexity index is 473. The van der Waals surface area contributed by atoms with Gasteiger partial charge in [-0.3, -0.25) is 0 Å². The molecule has 1 nitrogen and oxygen atoms in total. The van der Waals surface area contributed by atoms with E-state index in [9.17, 15) is 0 Å². The summed E-state index contributed by atoms with van der Waals surface area (Å²) in [5, 5.41) is 0. The first-order chi connectivity index (χ1) is 9.45. The van der Waals surface area contributed by atoms with Crippen LogP contribution in [-0.4, -0.2) is 18.0 Å². The molecule has 0 spiro atoms. The second-order valence-electron chi connectivity index (χ2n) is 6.98. The monoisotopic (exact) mass is 269 g/mol. The Kier molecular flexibility index (Phi) is 4.69. The molecule has 1 aromatic rings. The van der Waals surface area contributed by atoms with Crippen molar-refractivity contribution in [3.05, 3.63) is 59.8 Å². The molecule has 0 bridgehead atoms. The van der Waals surface area contributed by atoms with Crippen LogP contribution in [-0.2, 0) is 11.8 Å². The molecule has 1 aliphatic rings. The van der Waals surface area contributed by atoms with Gasteiger partial charge in [-0.05, 0) is 41.2 Å². The van der Waals surface area contributed by atoms with Gasteiger partial charge >= 0.3 is 0 Å². The fraction of sp³-hybridized carbons (Fsp3) is 0.474. The van der Waals surface area contributed by atoms with E-state index in [0.29, 0.717) is 5.92 Å². The molecule has 1 aliphatic heterocycles. The second kappa shape index (κ2) is 6.30. The van der Waals surface area contributed by atoms with Gasteiger partial charge in [0.1, 0.15) is 0 Å². The van der Waals surface area contributed by atoms with E-state index in [1.807, 2.05) is 0 Å². The highest BCUT2D eigenvalue weighted by molar-refractivity contribution is 5.27. The van der Waals surface area contributed by atoms with Gasteiger partial charge in [-0.15, -0.1) is 0 Å². The summed E-state index contributed by atoms with van der Waals surface area (Å²) in [7, 11) is 0. The van der Waals surface area contributed by atoms with E-state index < -0.39 is 0 Å². The highest BCUT2D eigenvalue weighted by Gasteiger charge is 2.13. The zero-order valence-corrected chi connectivity index (χ0v) is 13.3. The third kappa shape index (κ3) is 4.26. The normalized spacial score (nSPS) is 16.5. The van der Waals surface area contributed by atoms with Crippen LogP contribution < -0.4 is 0 Å². The molecule has 20 heavy (non-hydrogen) atoms. The molecule has 0 saturated heterocycles. The fourth-order valence-electron chi connectivity index (χ4n) is 2.65. The van der Waals surface area contributed by atoms with Crippen LogP contribution >= 0.6 is 0 Å². The van der Waals surface area contributed by atoms with Crippen molar-refractivity contribution in [1.29, 1.82) is 0 Å². The van der Waals surface area contributed by atoms with Crippen LogP contribution in [0, 0.1) is 5.92 Å². The lowest BCUT2D eigenvalue weighted by Gasteiger charge is -2.25. The van der Waals surface area contributed by atoms with Crippen molar-refractivity contribution in [1.82, 2.24) is 4.90 Å². The molecule has 1 heteroatoms. The summed E-state index contributed by atoms with van der Waals surface area (Å²) in [4.78, 5) is 2.38. The molecular formula is C19H27N. The number of rotatable bonds is 4. The summed E-state index contributed by atoms with van der Waals surface area (Å²) >= 11 is 0. The van der Waals surface area contributed by atoms with Gasteiger partial charge in [-0.25, -0.2) is 0 Å². The lowest BCUT2D eigenvalue weighted by molar-refractivity contribution is 0.341. The van der Waals surface area contributed by atoms with Crippen LogP contribution in [0.5, 0.6) is 0 Å². The SMILES string of the molecule is CC(Cc1ccc(C(C)(C)C)cc1)CN1C=CC=CC1. The van der Waals surface area contributed by atoms with Gasteiger partial charge in [0.25, 0.3) is 0 Å². The van der Waals surface area contributed by atoms with Crippen LogP contribution in [0.15, 0.2) is 48.7 Å². The highest BCUT2D eigenvalue weighted by Crippen LogP contribution is 2.23. The lowest BCUT2D eigenvalue weighted by Crippen LogP contribution is -2.25. The smallest absolute Gasteiger partial charge is 0.0357 e. The van der Waals surface area contributed by atoms with Crippen LogP contribution in [0.2, 0.25) is 0 Å². The van der Waals surface area contributed by atoms with Crippen molar-refractivity contribution in [3.8, 4) is 0 Å². The zero-order chi connectivity index (χ0) is 14.6. The Morgan fingerprint density at radius 1 is 1.10 bits per heavy atom. The van der Waals surface area contributed by atoms with Gasteiger partial charge in [0.15, 0.2) is 0 Å². The van der Waals surface area contributed by atoms with Gasteiger partial charge < -0.3 is 4.90 Å². The van der Waals surface area contributed by atoms with Crippen LogP contribution in [0.3, 0.4) is 0 Å². The quantitative estimate of drug-likeness (QED) is 0.775. The van der Waals surface area contributed by atoms with E-state index in [1.54, 1.807) is 0 Å². The standard InChI is InChI=1S/C19H27N/c1-16(15-20-12-6-5-7-13-20)14-17-8-10-18(11-9-17)19(2,3)4/h5-12,16H,13-15H2,1-4H3. The molecule has 0 fully saturated rings. The third-order valence-electron chi connectivity index (χ3n) is 3.83. The average Bonchev–Trinajstić information content (AvgIpc) is 2.39. The number of hydrogen-bond donors (Lipinski definition) is 0. The largest absolute Gasteiger partial charge is 0.373 e. The Balaban J connectivity index is 1.89. The molecule has 0 saturated carbocycles. The van der Waals surface area contributed by atoms with Crippen molar-refractivity contribution >= 4 is 0 Å². The summed E-state index contributed by atoms with van der Waals surface area (Å²) in [6, 6.07) is 9.16. The summed E-state index contributed by atoms with van der Waals surface area (Å²) in [6.07, 6.45) is 9.79.